The molecular formula is C20H32O4. The van der Waals surface area contributed by atoms with Crippen LogP contribution in [0.3, 0.4) is 0 Å². The van der Waals surface area contributed by atoms with Crippen molar-refractivity contribution in [2.75, 3.05) is 0 Å². The lowest BCUT2D eigenvalue weighted by Crippen LogP contribution is -2.18. The van der Waals surface area contributed by atoms with Gasteiger partial charge in [-0.3, -0.25) is 9.59 Å². The summed E-state index contributed by atoms with van der Waals surface area (Å²) >= 11 is 0. The number of carboxylic acid groups (broad SMARTS) is 1. The highest BCUT2D eigenvalue weighted by atomic mass is 16.4. The molecule has 1 aliphatic carbocycles. The molecule has 0 aromatic rings. The van der Waals surface area contributed by atoms with Crippen LogP contribution in [-0.4, -0.2) is 28.1 Å². The summed E-state index contributed by atoms with van der Waals surface area (Å²) in [4.78, 5) is 22.5. The minimum absolute atomic E-state index is 0.0765. The van der Waals surface area contributed by atoms with Crippen LogP contribution in [0.5, 0.6) is 0 Å². The van der Waals surface area contributed by atoms with Gasteiger partial charge in [0.2, 0.25) is 0 Å². The zero-order valence-electron chi connectivity index (χ0n) is 14.8. The largest absolute Gasteiger partial charge is 0.481 e. The van der Waals surface area contributed by atoms with E-state index in [0.717, 1.165) is 32.1 Å². The van der Waals surface area contributed by atoms with Crippen LogP contribution in [0, 0.1) is 11.8 Å². The molecule has 0 spiro atoms. The van der Waals surface area contributed by atoms with Gasteiger partial charge in [-0.1, -0.05) is 63.3 Å². The molecule has 4 nitrogen and oxygen atoms in total. The highest BCUT2D eigenvalue weighted by Crippen LogP contribution is 2.34. The van der Waals surface area contributed by atoms with Crippen molar-refractivity contribution in [1.82, 2.24) is 0 Å². The Labute approximate surface area is 145 Å². The van der Waals surface area contributed by atoms with Gasteiger partial charge in [0.05, 0.1) is 6.10 Å². The molecule has 0 heterocycles. The molecule has 2 N–H and O–H groups in total. The monoisotopic (exact) mass is 336 g/mol. The first-order chi connectivity index (χ1) is 11.6. The van der Waals surface area contributed by atoms with Crippen molar-refractivity contribution < 1.29 is 19.8 Å². The van der Waals surface area contributed by atoms with Crippen molar-refractivity contribution in [2.45, 2.75) is 77.2 Å². The summed E-state index contributed by atoms with van der Waals surface area (Å²) in [6.07, 6.45) is 15.6. The number of aliphatic hydroxyl groups excluding tert-OH is 1. The van der Waals surface area contributed by atoms with Gasteiger partial charge in [0.1, 0.15) is 5.78 Å². The van der Waals surface area contributed by atoms with Crippen molar-refractivity contribution >= 4 is 11.8 Å². The fourth-order valence-electron chi connectivity index (χ4n) is 3.28. The number of hydrogen-bond acceptors (Lipinski definition) is 3. The fraction of sp³-hybridized carbons (Fsp3) is 0.700. The molecule has 0 saturated heterocycles. The van der Waals surface area contributed by atoms with Crippen LogP contribution in [0.15, 0.2) is 24.3 Å². The lowest BCUT2D eigenvalue weighted by Gasteiger charge is -2.17. The Kier molecular flexibility index (Phi) is 10.3. The van der Waals surface area contributed by atoms with Crippen LogP contribution in [0.1, 0.15) is 71.1 Å². The Morgan fingerprint density at radius 2 is 1.92 bits per heavy atom. The predicted octanol–water partition coefficient (Wildman–Crippen LogP) is 4.28. The Balaban J connectivity index is 2.36. The number of carbonyl (C=O) groups excluding carboxylic acids is 1. The minimum Gasteiger partial charge on any atom is -0.481 e. The molecule has 1 saturated carbocycles. The zero-order valence-corrected chi connectivity index (χ0v) is 14.8. The average Bonchev–Trinajstić information content (AvgIpc) is 2.80. The van der Waals surface area contributed by atoms with E-state index in [1.807, 2.05) is 18.2 Å². The zero-order chi connectivity index (χ0) is 17.8. The van der Waals surface area contributed by atoms with Gasteiger partial charge >= 0.3 is 5.97 Å². The van der Waals surface area contributed by atoms with Crippen LogP contribution in [-0.2, 0) is 9.59 Å². The molecular weight excluding hydrogens is 304 g/mol. The Morgan fingerprint density at radius 1 is 1.17 bits per heavy atom. The molecule has 24 heavy (non-hydrogen) atoms. The summed E-state index contributed by atoms with van der Waals surface area (Å²) in [6.45, 7) is 2.16. The van der Waals surface area contributed by atoms with E-state index in [0.29, 0.717) is 6.42 Å². The van der Waals surface area contributed by atoms with E-state index >= 15 is 0 Å². The van der Waals surface area contributed by atoms with Gasteiger partial charge in [-0.05, 0) is 19.3 Å². The summed E-state index contributed by atoms with van der Waals surface area (Å²) in [7, 11) is 0. The van der Waals surface area contributed by atoms with E-state index in [2.05, 4.69) is 13.0 Å². The highest BCUT2D eigenvalue weighted by molar-refractivity contribution is 5.84. The molecule has 1 aliphatic rings. The van der Waals surface area contributed by atoms with Crippen molar-refractivity contribution in [3.05, 3.63) is 24.3 Å². The van der Waals surface area contributed by atoms with Crippen molar-refractivity contribution in [1.29, 1.82) is 0 Å². The second-order valence-electron chi connectivity index (χ2n) is 6.72. The maximum Gasteiger partial charge on any atom is 0.303 e. The number of hydrogen-bond donors (Lipinski definition) is 2. The van der Waals surface area contributed by atoms with Crippen molar-refractivity contribution in [3.8, 4) is 0 Å². The number of carboxylic acids is 1. The van der Waals surface area contributed by atoms with Crippen molar-refractivity contribution in [2.24, 2.45) is 11.8 Å². The molecule has 0 radical (unpaired) electrons. The SMILES string of the molecule is CCCC/C=C\C=C\[C@H]1[C@H](O)CC(=O)[C@@H]1CCCCCCC(=O)O. The highest BCUT2D eigenvalue weighted by Gasteiger charge is 2.39. The fourth-order valence-corrected chi connectivity index (χ4v) is 3.28. The van der Waals surface area contributed by atoms with Crippen LogP contribution in [0.2, 0.25) is 0 Å². The minimum atomic E-state index is -0.749. The molecule has 0 bridgehead atoms. The van der Waals surface area contributed by atoms with Crippen LogP contribution in [0.25, 0.3) is 0 Å². The van der Waals surface area contributed by atoms with E-state index in [-0.39, 0.29) is 30.5 Å². The number of Topliss-reactive ketones (excluding diaryl/α,β-unsaturated/α-hetero) is 1. The average molecular weight is 336 g/mol. The molecule has 0 aromatic carbocycles. The van der Waals surface area contributed by atoms with Crippen LogP contribution < -0.4 is 0 Å². The standard InChI is InChI=1S/C20H32O4/c1-2-3-4-5-6-9-12-16-17(19(22)15-18(16)21)13-10-7-8-11-14-20(23)24/h5-6,9,12,16-18,21H,2-4,7-8,10-11,13-15H2,1H3,(H,23,24)/b6-5-,12-9+/t16-,17-,18-/m1/s1. The molecule has 136 valence electrons. The van der Waals surface area contributed by atoms with Crippen LogP contribution >= 0.6 is 0 Å². The lowest BCUT2D eigenvalue weighted by molar-refractivity contribution is -0.137. The first-order valence-electron chi connectivity index (χ1n) is 9.32. The van der Waals surface area contributed by atoms with Gasteiger partial charge in [0, 0.05) is 24.7 Å². The van der Waals surface area contributed by atoms with Gasteiger partial charge in [-0.15, -0.1) is 0 Å². The van der Waals surface area contributed by atoms with Gasteiger partial charge in [0.15, 0.2) is 0 Å². The number of aliphatic carboxylic acids is 1. The predicted molar refractivity (Wildman–Crippen MR) is 95.8 cm³/mol. The summed E-state index contributed by atoms with van der Waals surface area (Å²) in [6, 6.07) is 0. The Bertz CT molecular complexity index is 439. The van der Waals surface area contributed by atoms with Gasteiger partial charge in [-0.25, -0.2) is 0 Å². The molecule has 1 rings (SSSR count). The Hall–Kier alpha value is -1.42. The van der Waals surface area contributed by atoms with E-state index in [9.17, 15) is 14.7 Å². The molecule has 0 aliphatic heterocycles. The molecule has 1 fully saturated rings. The quantitative estimate of drug-likeness (QED) is 0.412. The summed E-state index contributed by atoms with van der Waals surface area (Å²) in [5.74, 6) is -0.744. The number of carbonyl (C=O) groups is 2. The Morgan fingerprint density at radius 3 is 2.62 bits per heavy atom. The lowest BCUT2D eigenvalue weighted by atomic mass is 9.88. The molecule has 0 aromatic heterocycles. The van der Waals surface area contributed by atoms with E-state index < -0.39 is 12.1 Å². The summed E-state index contributed by atoms with van der Waals surface area (Å²) in [5.41, 5.74) is 0. The third kappa shape index (κ3) is 7.91. The number of ketones is 1. The van der Waals surface area contributed by atoms with Gasteiger partial charge < -0.3 is 10.2 Å². The molecule has 0 amide bonds. The van der Waals surface area contributed by atoms with Crippen molar-refractivity contribution in [3.63, 3.8) is 0 Å². The number of allylic oxidation sites excluding steroid dienone is 3. The second kappa shape index (κ2) is 12.0. The van der Waals surface area contributed by atoms with E-state index in [4.69, 9.17) is 5.11 Å². The third-order valence-corrected chi connectivity index (χ3v) is 4.69. The topological polar surface area (TPSA) is 74.6 Å². The van der Waals surface area contributed by atoms with Gasteiger partial charge in [0.25, 0.3) is 0 Å². The maximum absolute atomic E-state index is 12.1. The number of unbranched alkanes of at least 4 members (excludes halogenated alkanes) is 5. The molecule has 0 unspecified atom stereocenters. The summed E-state index contributed by atoms with van der Waals surface area (Å²) in [5, 5.41) is 18.7. The molecule has 4 heteroatoms. The number of aliphatic hydroxyl groups is 1. The first kappa shape index (κ1) is 20.6. The van der Waals surface area contributed by atoms with E-state index in [1.165, 1.54) is 12.8 Å². The molecule has 3 atom stereocenters. The third-order valence-electron chi connectivity index (χ3n) is 4.69. The summed E-state index contributed by atoms with van der Waals surface area (Å²) < 4.78 is 0. The number of rotatable bonds is 12. The normalized spacial score (nSPS) is 24.4. The smallest absolute Gasteiger partial charge is 0.303 e. The van der Waals surface area contributed by atoms with Gasteiger partial charge in [-0.2, -0.15) is 0 Å². The second-order valence-corrected chi connectivity index (χ2v) is 6.72. The van der Waals surface area contributed by atoms with E-state index in [1.54, 1.807) is 0 Å². The first-order valence-corrected chi connectivity index (χ1v) is 9.32. The maximum atomic E-state index is 12.1. The van der Waals surface area contributed by atoms with Crippen LogP contribution in [0.4, 0.5) is 0 Å².